The zero-order valence-corrected chi connectivity index (χ0v) is 13.1. The van der Waals surface area contributed by atoms with Crippen LogP contribution in [0.2, 0.25) is 0 Å². The first kappa shape index (κ1) is 15.9. The van der Waals surface area contributed by atoms with E-state index >= 15 is 0 Å². The monoisotopic (exact) mass is 355 g/mol. The van der Waals surface area contributed by atoms with Crippen LogP contribution in [0.4, 0.5) is 11.4 Å². The number of rotatable bonds is 4. The number of amides is 1. The Hall–Kier alpha value is -1.47. The van der Waals surface area contributed by atoms with Crippen molar-refractivity contribution in [2.75, 3.05) is 11.9 Å². The number of hydrogen-bond acceptors (Lipinski definition) is 4. The molecule has 0 heterocycles. The molecule has 21 heavy (non-hydrogen) atoms. The first-order valence-electron chi connectivity index (χ1n) is 6.97. The van der Waals surface area contributed by atoms with E-state index in [1.165, 1.54) is 12.1 Å². The summed E-state index contributed by atoms with van der Waals surface area (Å²) < 4.78 is 0.626. The summed E-state index contributed by atoms with van der Waals surface area (Å²) in [6.45, 7) is 0.494. The molecule has 6 nitrogen and oxygen atoms in total. The fourth-order valence-corrected chi connectivity index (χ4v) is 3.13. The Kier molecular flexibility index (Phi) is 5.30. The number of non-ortho nitro benzene ring substituents is 1. The predicted molar refractivity (Wildman–Crippen MR) is 83.9 cm³/mol. The van der Waals surface area contributed by atoms with Crippen molar-refractivity contribution in [2.24, 2.45) is 17.6 Å². The molecule has 1 amide bonds. The van der Waals surface area contributed by atoms with Crippen LogP contribution in [0.1, 0.15) is 25.7 Å². The van der Waals surface area contributed by atoms with Crippen LogP contribution in [-0.2, 0) is 4.79 Å². The van der Waals surface area contributed by atoms with Crippen LogP contribution >= 0.6 is 15.9 Å². The third-order valence-corrected chi connectivity index (χ3v) is 4.66. The molecule has 0 spiro atoms. The summed E-state index contributed by atoms with van der Waals surface area (Å²) in [5, 5.41) is 13.6. The average Bonchev–Trinajstić information content (AvgIpc) is 2.49. The number of benzene rings is 1. The molecule has 1 aliphatic rings. The molecular weight excluding hydrogens is 338 g/mol. The van der Waals surface area contributed by atoms with E-state index in [-0.39, 0.29) is 23.4 Å². The first-order valence-corrected chi connectivity index (χ1v) is 7.77. The lowest BCUT2D eigenvalue weighted by atomic mass is 9.78. The highest BCUT2D eigenvalue weighted by Crippen LogP contribution is 2.32. The van der Waals surface area contributed by atoms with Gasteiger partial charge in [-0.05, 0) is 47.3 Å². The molecule has 2 unspecified atom stereocenters. The van der Waals surface area contributed by atoms with Gasteiger partial charge in [0.1, 0.15) is 0 Å². The van der Waals surface area contributed by atoms with Crippen molar-refractivity contribution >= 4 is 33.2 Å². The van der Waals surface area contributed by atoms with E-state index in [4.69, 9.17) is 5.73 Å². The molecule has 114 valence electrons. The number of hydrogen-bond donors (Lipinski definition) is 2. The van der Waals surface area contributed by atoms with Crippen molar-refractivity contribution in [3.05, 3.63) is 32.8 Å². The second-order valence-electron chi connectivity index (χ2n) is 5.30. The van der Waals surface area contributed by atoms with Gasteiger partial charge in [0, 0.05) is 22.5 Å². The third-order valence-electron chi connectivity index (χ3n) is 3.97. The molecule has 0 saturated heterocycles. The van der Waals surface area contributed by atoms with Crippen LogP contribution in [0, 0.1) is 22.0 Å². The van der Waals surface area contributed by atoms with Gasteiger partial charge in [0.05, 0.1) is 10.6 Å². The Labute approximate surface area is 131 Å². The van der Waals surface area contributed by atoms with Gasteiger partial charge in [-0.2, -0.15) is 0 Å². The number of carbonyl (C=O) groups is 1. The minimum absolute atomic E-state index is 0.0486. The molecule has 1 fully saturated rings. The van der Waals surface area contributed by atoms with Crippen molar-refractivity contribution < 1.29 is 9.72 Å². The van der Waals surface area contributed by atoms with Crippen LogP contribution in [0.3, 0.4) is 0 Å². The summed E-state index contributed by atoms with van der Waals surface area (Å²) in [4.78, 5) is 22.7. The van der Waals surface area contributed by atoms with Gasteiger partial charge in [0.15, 0.2) is 0 Å². The fourth-order valence-electron chi connectivity index (χ4n) is 2.78. The van der Waals surface area contributed by atoms with Crippen LogP contribution < -0.4 is 11.1 Å². The highest BCUT2D eigenvalue weighted by molar-refractivity contribution is 9.10. The van der Waals surface area contributed by atoms with Gasteiger partial charge in [-0.25, -0.2) is 0 Å². The van der Waals surface area contributed by atoms with Gasteiger partial charge >= 0.3 is 0 Å². The number of halogens is 1. The van der Waals surface area contributed by atoms with Gasteiger partial charge in [0.2, 0.25) is 5.91 Å². The van der Waals surface area contributed by atoms with Gasteiger partial charge < -0.3 is 11.1 Å². The summed E-state index contributed by atoms with van der Waals surface area (Å²) in [5.74, 6) is -0.0301. The van der Waals surface area contributed by atoms with Crippen LogP contribution in [0.5, 0.6) is 0 Å². The quantitative estimate of drug-likeness (QED) is 0.640. The van der Waals surface area contributed by atoms with Crippen molar-refractivity contribution in [3.63, 3.8) is 0 Å². The van der Waals surface area contributed by atoms with E-state index in [1.54, 1.807) is 6.07 Å². The highest BCUT2D eigenvalue weighted by Gasteiger charge is 2.30. The topological polar surface area (TPSA) is 98.3 Å². The SMILES string of the molecule is NCC1CCCCC1C(=O)Nc1cc([N+](=O)[O-])ccc1Br. The minimum atomic E-state index is -0.481. The lowest BCUT2D eigenvalue weighted by Gasteiger charge is -2.29. The summed E-state index contributed by atoms with van der Waals surface area (Å²) in [6, 6.07) is 4.32. The predicted octanol–water partition coefficient (Wildman–Crippen LogP) is 3.06. The molecule has 2 atom stereocenters. The van der Waals surface area contributed by atoms with E-state index in [9.17, 15) is 14.9 Å². The van der Waals surface area contributed by atoms with Gasteiger partial charge in [0.25, 0.3) is 5.69 Å². The molecule has 0 radical (unpaired) electrons. The van der Waals surface area contributed by atoms with E-state index < -0.39 is 4.92 Å². The van der Waals surface area contributed by atoms with E-state index in [0.717, 1.165) is 25.7 Å². The zero-order valence-electron chi connectivity index (χ0n) is 11.5. The maximum absolute atomic E-state index is 12.4. The van der Waals surface area contributed by atoms with Crippen LogP contribution in [0.15, 0.2) is 22.7 Å². The summed E-state index contributed by atoms with van der Waals surface area (Å²) in [6.07, 6.45) is 3.90. The van der Waals surface area contributed by atoms with Crippen LogP contribution in [0.25, 0.3) is 0 Å². The molecule has 7 heteroatoms. The second-order valence-corrected chi connectivity index (χ2v) is 6.15. The summed E-state index contributed by atoms with van der Waals surface area (Å²) >= 11 is 3.30. The normalized spacial score (nSPS) is 21.8. The number of anilines is 1. The highest BCUT2D eigenvalue weighted by atomic mass is 79.9. The first-order chi connectivity index (χ1) is 10.0. The maximum atomic E-state index is 12.4. The third kappa shape index (κ3) is 3.79. The van der Waals surface area contributed by atoms with Crippen molar-refractivity contribution in [1.29, 1.82) is 0 Å². The molecule has 0 aliphatic heterocycles. The van der Waals surface area contributed by atoms with Crippen molar-refractivity contribution in [3.8, 4) is 0 Å². The van der Waals surface area contributed by atoms with Crippen molar-refractivity contribution in [1.82, 2.24) is 0 Å². The molecule has 3 N–H and O–H groups in total. The average molecular weight is 356 g/mol. The van der Waals surface area contributed by atoms with E-state index in [2.05, 4.69) is 21.2 Å². The Bertz CT molecular complexity index is 550. The molecule has 1 aromatic carbocycles. The Morgan fingerprint density at radius 3 is 2.81 bits per heavy atom. The number of nitrogens with one attached hydrogen (secondary N) is 1. The fraction of sp³-hybridized carbons (Fsp3) is 0.500. The second kappa shape index (κ2) is 7.00. The Morgan fingerprint density at radius 1 is 1.43 bits per heavy atom. The van der Waals surface area contributed by atoms with Crippen LogP contribution in [-0.4, -0.2) is 17.4 Å². The minimum Gasteiger partial charge on any atom is -0.330 e. The molecule has 1 aliphatic carbocycles. The number of nitrogens with zero attached hydrogens (tertiary/aromatic N) is 1. The Morgan fingerprint density at radius 2 is 2.14 bits per heavy atom. The number of nitro benzene ring substituents is 1. The number of nitrogens with two attached hydrogens (primary N) is 1. The van der Waals surface area contributed by atoms with Gasteiger partial charge in [-0.3, -0.25) is 14.9 Å². The zero-order chi connectivity index (χ0) is 15.4. The molecule has 0 bridgehead atoms. The van der Waals surface area contributed by atoms with Gasteiger partial charge in [-0.15, -0.1) is 0 Å². The van der Waals surface area contributed by atoms with Gasteiger partial charge in [-0.1, -0.05) is 12.8 Å². The molecule has 1 aromatic rings. The Balaban J connectivity index is 2.15. The van der Waals surface area contributed by atoms with Crippen molar-refractivity contribution in [2.45, 2.75) is 25.7 Å². The number of nitro groups is 1. The van der Waals surface area contributed by atoms with E-state index in [0.29, 0.717) is 16.7 Å². The molecular formula is C14H18BrN3O3. The smallest absolute Gasteiger partial charge is 0.271 e. The molecule has 2 rings (SSSR count). The summed E-state index contributed by atoms with van der Waals surface area (Å²) in [7, 11) is 0. The number of carbonyl (C=O) groups excluding carboxylic acids is 1. The summed E-state index contributed by atoms with van der Waals surface area (Å²) in [5.41, 5.74) is 6.12. The standard InChI is InChI=1S/C14H18BrN3O3/c15-12-6-5-10(18(20)21)7-13(12)17-14(19)11-4-2-1-3-9(11)8-16/h5-7,9,11H,1-4,8,16H2,(H,17,19). The maximum Gasteiger partial charge on any atom is 0.271 e. The lowest BCUT2D eigenvalue weighted by molar-refractivity contribution is -0.384. The largest absolute Gasteiger partial charge is 0.330 e. The molecule has 1 saturated carbocycles. The lowest BCUT2D eigenvalue weighted by Crippen LogP contribution is -2.35. The molecule has 0 aromatic heterocycles. The van der Waals surface area contributed by atoms with E-state index in [1.807, 2.05) is 0 Å².